The summed E-state index contributed by atoms with van der Waals surface area (Å²) in [6.07, 6.45) is 1.53. The summed E-state index contributed by atoms with van der Waals surface area (Å²) in [5.41, 5.74) is 9.74. The monoisotopic (exact) mass is 267 g/mol. The third-order valence-electron chi connectivity index (χ3n) is 3.59. The molecule has 0 amide bonds. The predicted octanol–water partition coefficient (Wildman–Crippen LogP) is 2.13. The molecule has 1 aliphatic heterocycles. The van der Waals surface area contributed by atoms with E-state index in [0.717, 1.165) is 18.4 Å². The van der Waals surface area contributed by atoms with Gasteiger partial charge in [0.25, 0.3) is 0 Å². The molecule has 2 unspecified atom stereocenters. The summed E-state index contributed by atoms with van der Waals surface area (Å²) in [5, 5.41) is 0. The van der Waals surface area contributed by atoms with Crippen molar-refractivity contribution in [1.29, 1.82) is 0 Å². The van der Waals surface area contributed by atoms with Crippen LogP contribution in [0.15, 0.2) is 18.2 Å². The minimum Gasteiger partial charge on any atom is -0.324 e. The Kier molecular flexibility index (Phi) is 3.78. The van der Waals surface area contributed by atoms with Crippen LogP contribution in [0.1, 0.15) is 35.6 Å². The van der Waals surface area contributed by atoms with Crippen molar-refractivity contribution in [2.24, 2.45) is 11.7 Å². The topological polar surface area (TPSA) is 60.2 Å². The molecule has 100 valence electrons. The number of aryl methyl sites for hydroxylation is 2. The standard InChI is InChI=1S/C14H21NO2S/c1-10-5-11(2)7-13(6-10)14(15)8-12-3-4-18(16,17)9-12/h5-7,12,14H,3-4,8-9,15H2,1-2H3. The average Bonchev–Trinajstić information content (AvgIpc) is 2.56. The summed E-state index contributed by atoms with van der Waals surface area (Å²) in [6, 6.07) is 6.26. The molecule has 1 aromatic rings. The molecule has 0 bridgehead atoms. The van der Waals surface area contributed by atoms with Crippen LogP contribution in [0.2, 0.25) is 0 Å². The Bertz CT molecular complexity index is 516. The lowest BCUT2D eigenvalue weighted by Gasteiger charge is -2.17. The first-order chi connectivity index (χ1) is 8.35. The zero-order valence-electron chi connectivity index (χ0n) is 11.0. The van der Waals surface area contributed by atoms with E-state index in [9.17, 15) is 8.42 Å². The molecule has 4 heteroatoms. The van der Waals surface area contributed by atoms with Crippen molar-refractivity contribution in [3.05, 3.63) is 34.9 Å². The first-order valence-corrected chi connectivity index (χ1v) is 8.22. The van der Waals surface area contributed by atoms with Gasteiger partial charge in [0.05, 0.1) is 11.5 Å². The van der Waals surface area contributed by atoms with Gasteiger partial charge in [-0.1, -0.05) is 29.3 Å². The van der Waals surface area contributed by atoms with E-state index in [1.807, 2.05) is 0 Å². The largest absolute Gasteiger partial charge is 0.324 e. The van der Waals surface area contributed by atoms with Crippen LogP contribution in [-0.4, -0.2) is 19.9 Å². The van der Waals surface area contributed by atoms with Crippen LogP contribution in [0.5, 0.6) is 0 Å². The molecule has 2 atom stereocenters. The Labute approximate surface area is 109 Å². The lowest BCUT2D eigenvalue weighted by Crippen LogP contribution is -2.16. The molecule has 1 saturated heterocycles. The van der Waals surface area contributed by atoms with E-state index in [0.29, 0.717) is 11.5 Å². The van der Waals surface area contributed by atoms with E-state index in [1.165, 1.54) is 11.1 Å². The van der Waals surface area contributed by atoms with Crippen molar-refractivity contribution in [3.8, 4) is 0 Å². The smallest absolute Gasteiger partial charge is 0.150 e. The van der Waals surface area contributed by atoms with Crippen molar-refractivity contribution < 1.29 is 8.42 Å². The fourth-order valence-corrected chi connectivity index (χ4v) is 4.66. The second-order valence-electron chi connectivity index (χ2n) is 5.53. The Morgan fingerprint density at radius 2 is 1.89 bits per heavy atom. The van der Waals surface area contributed by atoms with Crippen LogP contribution in [-0.2, 0) is 9.84 Å². The molecule has 0 radical (unpaired) electrons. The van der Waals surface area contributed by atoms with E-state index in [4.69, 9.17) is 5.73 Å². The quantitative estimate of drug-likeness (QED) is 0.912. The van der Waals surface area contributed by atoms with Gasteiger partial charge in [0.2, 0.25) is 0 Å². The normalized spacial score (nSPS) is 24.1. The number of nitrogens with two attached hydrogens (primary N) is 1. The number of hydrogen-bond donors (Lipinski definition) is 1. The van der Waals surface area contributed by atoms with Crippen LogP contribution >= 0.6 is 0 Å². The van der Waals surface area contributed by atoms with E-state index >= 15 is 0 Å². The molecule has 1 aromatic carbocycles. The molecule has 3 nitrogen and oxygen atoms in total. The number of hydrogen-bond acceptors (Lipinski definition) is 3. The van der Waals surface area contributed by atoms with Gasteiger partial charge in [-0.3, -0.25) is 0 Å². The molecule has 1 heterocycles. The average molecular weight is 267 g/mol. The van der Waals surface area contributed by atoms with E-state index in [1.54, 1.807) is 0 Å². The van der Waals surface area contributed by atoms with E-state index in [-0.39, 0.29) is 12.0 Å². The van der Waals surface area contributed by atoms with Crippen molar-refractivity contribution in [3.63, 3.8) is 0 Å². The molecule has 1 fully saturated rings. The molecular formula is C14H21NO2S. The van der Waals surface area contributed by atoms with Crippen molar-refractivity contribution in [2.45, 2.75) is 32.7 Å². The van der Waals surface area contributed by atoms with Crippen molar-refractivity contribution >= 4 is 9.84 Å². The van der Waals surface area contributed by atoms with Gasteiger partial charge in [0.1, 0.15) is 0 Å². The van der Waals surface area contributed by atoms with Gasteiger partial charge in [-0.15, -0.1) is 0 Å². The molecule has 0 saturated carbocycles. The fourth-order valence-electron chi connectivity index (χ4n) is 2.78. The third-order valence-corrected chi connectivity index (χ3v) is 5.42. The first kappa shape index (κ1) is 13.6. The molecule has 1 aliphatic rings. The lowest BCUT2D eigenvalue weighted by molar-refractivity contribution is 0.481. The lowest BCUT2D eigenvalue weighted by atomic mass is 9.93. The molecule has 0 spiro atoms. The molecule has 0 aromatic heterocycles. The summed E-state index contributed by atoms with van der Waals surface area (Å²) < 4.78 is 22.9. The van der Waals surface area contributed by atoms with Gasteiger partial charge < -0.3 is 5.73 Å². The van der Waals surface area contributed by atoms with Gasteiger partial charge >= 0.3 is 0 Å². The van der Waals surface area contributed by atoms with Gasteiger partial charge in [-0.2, -0.15) is 0 Å². The number of sulfone groups is 1. The zero-order chi connectivity index (χ0) is 13.3. The highest BCUT2D eigenvalue weighted by molar-refractivity contribution is 7.91. The predicted molar refractivity (Wildman–Crippen MR) is 74.2 cm³/mol. The maximum absolute atomic E-state index is 11.4. The highest BCUT2D eigenvalue weighted by Gasteiger charge is 2.29. The highest BCUT2D eigenvalue weighted by Crippen LogP contribution is 2.28. The van der Waals surface area contributed by atoms with Crippen LogP contribution < -0.4 is 5.73 Å². The van der Waals surface area contributed by atoms with Crippen molar-refractivity contribution in [1.82, 2.24) is 0 Å². The van der Waals surface area contributed by atoms with Gasteiger partial charge in [0.15, 0.2) is 9.84 Å². The minimum atomic E-state index is -2.80. The summed E-state index contributed by atoms with van der Waals surface area (Å²) >= 11 is 0. The molecular weight excluding hydrogens is 246 g/mol. The highest BCUT2D eigenvalue weighted by atomic mass is 32.2. The Balaban J connectivity index is 2.06. The van der Waals surface area contributed by atoms with E-state index in [2.05, 4.69) is 32.0 Å². The second-order valence-corrected chi connectivity index (χ2v) is 7.76. The Hall–Kier alpha value is -0.870. The van der Waals surface area contributed by atoms with Crippen LogP contribution in [0.4, 0.5) is 0 Å². The Morgan fingerprint density at radius 3 is 2.39 bits per heavy atom. The number of rotatable bonds is 3. The zero-order valence-corrected chi connectivity index (χ0v) is 11.8. The van der Waals surface area contributed by atoms with Crippen molar-refractivity contribution in [2.75, 3.05) is 11.5 Å². The summed E-state index contributed by atoms with van der Waals surface area (Å²) in [5.74, 6) is 0.869. The van der Waals surface area contributed by atoms with Gasteiger partial charge in [-0.05, 0) is 38.2 Å². The molecule has 18 heavy (non-hydrogen) atoms. The second kappa shape index (κ2) is 5.02. The van der Waals surface area contributed by atoms with Gasteiger partial charge in [0, 0.05) is 6.04 Å². The van der Waals surface area contributed by atoms with E-state index < -0.39 is 9.84 Å². The molecule has 2 rings (SSSR count). The first-order valence-electron chi connectivity index (χ1n) is 6.40. The Morgan fingerprint density at radius 1 is 1.28 bits per heavy atom. The van der Waals surface area contributed by atoms with Crippen LogP contribution in [0, 0.1) is 19.8 Å². The summed E-state index contributed by atoms with van der Waals surface area (Å²) in [7, 11) is -2.80. The van der Waals surface area contributed by atoms with Crippen LogP contribution in [0.25, 0.3) is 0 Å². The molecule has 0 aliphatic carbocycles. The summed E-state index contributed by atoms with van der Waals surface area (Å²) in [4.78, 5) is 0. The number of benzene rings is 1. The fraction of sp³-hybridized carbons (Fsp3) is 0.571. The summed E-state index contributed by atoms with van der Waals surface area (Å²) in [6.45, 7) is 4.12. The van der Waals surface area contributed by atoms with Gasteiger partial charge in [-0.25, -0.2) is 8.42 Å². The minimum absolute atomic E-state index is 0.0538. The maximum Gasteiger partial charge on any atom is 0.150 e. The van der Waals surface area contributed by atoms with Crippen LogP contribution in [0.3, 0.4) is 0 Å². The maximum atomic E-state index is 11.4. The molecule has 2 N–H and O–H groups in total. The SMILES string of the molecule is Cc1cc(C)cc(C(N)CC2CCS(=O)(=O)C2)c1. The third kappa shape index (κ3) is 3.33.